The van der Waals surface area contributed by atoms with Gasteiger partial charge in [0.05, 0.1) is 49.3 Å². The van der Waals surface area contributed by atoms with Gasteiger partial charge in [-0.15, -0.1) is 0 Å². The number of hydrogen-bond donors (Lipinski definition) is 14. The molecule has 4 aliphatic carbocycles. The highest BCUT2D eigenvalue weighted by Gasteiger charge is 2.64. The molecule has 0 aromatic carbocycles. The van der Waals surface area contributed by atoms with E-state index in [0.29, 0.717) is 32.1 Å². The maximum Gasteiger partial charge on any atom is 0.397 e. The Hall–Kier alpha value is -1.64. The van der Waals surface area contributed by atoms with Crippen molar-refractivity contribution in [3.63, 3.8) is 0 Å². The molecule has 9 aliphatic rings. The standard InChI is InChI=1S/C55H90O28S/c1-20(2)29(57)17-55(8,69)33-10-9-26-25-16-30(28-15-24(83-84(70,71)72)11-13-53(28,6)27(25)12-14-54(26,33)7)77-50-44(68)45(36(60)23(5)76-50)80-51-46(81-48-42(66)39(63)34(58)21(3)74-48)38(62)32(19-73-51)79-52-47(41(65)37(61)31(18-56)78-52)82-49-43(67)40(64)35(59)22(4)75-49/h12,20-26,28,30-52,56,58-69H,9-11,13-19H2,1-8H3,(H,70,71,72)/t21?,22?,23?,24-,25?,26?,28?,30-,31?,32?,33-,34?,35?,36?,37?,38?,39?,40?,41?,42?,43?,44?,45?,46?,47?,48?,49?,50?,51?,52?,53+,54-,55?/m0/s1. The fourth-order valence-corrected chi connectivity index (χ4v) is 15.9. The van der Waals surface area contributed by atoms with Crippen LogP contribution in [0.4, 0.5) is 0 Å². The van der Waals surface area contributed by atoms with Gasteiger partial charge in [0, 0.05) is 12.3 Å². The van der Waals surface area contributed by atoms with E-state index < -0.39 is 206 Å². The molecule has 5 heterocycles. The molecule has 0 spiro atoms. The summed E-state index contributed by atoms with van der Waals surface area (Å²) < 4.78 is 100. The summed E-state index contributed by atoms with van der Waals surface area (Å²) in [4.78, 5) is 13.1. The van der Waals surface area contributed by atoms with Gasteiger partial charge in [-0.25, -0.2) is 4.18 Å². The Labute approximate surface area is 487 Å². The van der Waals surface area contributed by atoms with Crippen LogP contribution in [0, 0.1) is 40.4 Å². The van der Waals surface area contributed by atoms with Gasteiger partial charge in [0.25, 0.3) is 0 Å². The van der Waals surface area contributed by atoms with Crippen LogP contribution < -0.4 is 0 Å². The number of Topliss-reactive ketones (excluding diaryl/α,β-unsaturated/α-hetero) is 1. The SMILES string of the molecule is CC(C)C(=O)CC(C)(O)[C@H]1CCC2C3C[C@H](OC4OC(C)C(O)C(OC5OCC(OC6OC(CO)C(O)C(O)C6OC6OC(C)C(O)C(O)C6O)C(O)C5OC5OC(C)C(O)C(O)C5O)C4O)C4C[C@@H](OS(=O)(=O)O)CC[C@]4(C)C3=CC[C@@]21C. The van der Waals surface area contributed by atoms with Gasteiger partial charge in [-0.1, -0.05) is 39.3 Å². The summed E-state index contributed by atoms with van der Waals surface area (Å²) in [6.45, 7) is 12.2. The molecule has 3 saturated carbocycles. The molecule has 9 rings (SSSR count). The van der Waals surface area contributed by atoms with E-state index in [4.69, 9.17) is 51.6 Å². The normalized spacial score (nSPS) is 51.7. The van der Waals surface area contributed by atoms with Gasteiger partial charge in [-0.05, 0) is 107 Å². The van der Waals surface area contributed by atoms with Crippen molar-refractivity contribution in [3.05, 3.63) is 11.6 Å². The Morgan fingerprint density at radius 2 is 1.19 bits per heavy atom. The Morgan fingerprint density at radius 1 is 0.643 bits per heavy atom. The molecule has 33 atom stereocenters. The number of ketones is 1. The minimum atomic E-state index is -4.88. The van der Waals surface area contributed by atoms with Crippen LogP contribution >= 0.6 is 0 Å². The van der Waals surface area contributed by atoms with E-state index in [1.54, 1.807) is 20.8 Å². The number of carbonyl (C=O) groups is 1. The molecule has 28 nitrogen and oxygen atoms in total. The van der Waals surface area contributed by atoms with Gasteiger partial charge in [-0.2, -0.15) is 8.42 Å². The van der Waals surface area contributed by atoms with Gasteiger partial charge in [0.15, 0.2) is 31.5 Å². The Bertz CT molecular complexity index is 2400. The summed E-state index contributed by atoms with van der Waals surface area (Å²) in [6, 6.07) is 0. The molecule has 0 aromatic heterocycles. The first-order valence-electron chi connectivity index (χ1n) is 29.4. The highest BCUT2D eigenvalue weighted by atomic mass is 32.3. The molecule has 84 heavy (non-hydrogen) atoms. The van der Waals surface area contributed by atoms with E-state index >= 15 is 0 Å². The molecule has 484 valence electrons. The number of aliphatic hydroxyl groups is 13. The summed E-state index contributed by atoms with van der Waals surface area (Å²) in [6.07, 6.45) is -37.5. The summed E-state index contributed by atoms with van der Waals surface area (Å²) in [5, 5.41) is 145. The fraction of sp³-hybridized carbons (Fsp3) is 0.945. The van der Waals surface area contributed by atoms with Crippen LogP contribution in [-0.2, 0) is 66.7 Å². The van der Waals surface area contributed by atoms with Crippen LogP contribution in [0.15, 0.2) is 11.6 Å². The smallest absolute Gasteiger partial charge is 0.394 e. The molecule has 28 unspecified atom stereocenters. The molecule has 5 aliphatic heterocycles. The summed E-state index contributed by atoms with van der Waals surface area (Å²) in [7, 11) is -4.88. The van der Waals surface area contributed by atoms with E-state index in [1.807, 2.05) is 0 Å². The van der Waals surface area contributed by atoms with Crippen LogP contribution in [-0.4, -0.2) is 264 Å². The molecular weight excluding hydrogens is 1140 g/mol. The van der Waals surface area contributed by atoms with E-state index in [-0.39, 0.29) is 48.7 Å². The van der Waals surface area contributed by atoms with Crippen molar-refractivity contribution in [2.75, 3.05) is 13.2 Å². The average Bonchev–Trinajstić information content (AvgIpc) is 1.69. The number of hydrogen-bond acceptors (Lipinski definition) is 27. The maximum atomic E-state index is 13.1. The number of allylic oxidation sites excluding steroid dienone is 2. The second-order valence-electron chi connectivity index (χ2n) is 26.2. The zero-order valence-corrected chi connectivity index (χ0v) is 49.2. The van der Waals surface area contributed by atoms with Crippen molar-refractivity contribution in [2.45, 2.75) is 272 Å². The van der Waals surface area contributed by atoms with Crippen molar-refractivity contribution in [1.29, 1.82) is 0 Å². The minimum absolute atomic E-state index is 0.00444. The molecule has 5 saturated heterocycles. The van der Waals surface area contributed by atoms with Crippen LogP contribution in [0.2, 0.25) is 0 Å². The van der Waals surface area contributed by atoms with Gasteiger partial charge in [0.1, 0.15) is 103 Å². The number of carbonyl (C=O) groups excluding carboxylic acids is 1. The second-order valence-corrected chi connectivity index (χ2v) is 27.2. The van der Waals surface area contributed by atoms with Crippen LogP contribution in [0.25, 0.3) is 0 Å². The quantitative estimate of drug-likeness (QED) is 0.0508. The van der Waals surface area contributed by atoms with Gasteiger partial charge in [0.2, 0.25) is 0 Å². The van der Waals surface area contributed by atoms with Crippen LogP contribution in [0.5, 0.6) is 0 Å². The monoisotopic (exact) mass is 1230 g/mol. The van der Waals surface area contributed by atoms with E-state index in [9.17, 15) is 84.1 Å². The first-order chi connectivity index (χ1) is 39.2. The number of ether oxygens (including phenoxy) is 10. The summed E-state index contributed by atoms with van der Waals surface area (Å²) in [5.74, 6) is -1.22. The van der Waals surface area contributed by atoms with Crippen molar-refractivity contribution >= 4 is 16.2 Å². The van der Waals surface area contributed by atoms with Gasteiger partial charge < -0.3 is 114 Å². The molecule has 0 radical (unpaired) electrons. The Morgan fingerprint density at radius 3 is 1.76 bits per heavy atom. The van der Waals surface area contributed by atoms with Crippen molar-refractivity contribution in [3.8, 4) is 0 Å². The zero-order valence-electron chi connectivity index (χ0n) is 48.4. The van der Waals surface area contributed by atoms with E-state index in [1.165, 1.54) is 20.8 Å². The number of fused-ring (bicyclic) bond motifs is 5. The van der Waals surface area contributed by atoms with Crippen molar-refractivity contribution in [1.82, 2.24) is 0 Å². The molecule has 0 bridgehead atoms. The predicted molar refractivity (Wildman–Crippen MR) is 281 cm³/mol. The lowest BCUT2D eigenvalue weighted by Crippen LogP contribution is -2.67. The Balaban J connectivity index is 0.985. The highest BCUT2D eigenvalue weighted by Crippen LogP contribution is 2.67. The first-order valence-corrected chi connectivity index (χ1v) is 30.8. The average molecular weight is 1230 g/mol. The maximum absolute atomic E-state index is 13.1. The molecule has 0 amide bonds. The van der Waals surface area contributed by atoms with E-state index in [0.717, 1.165) is 5.57 Å². The van der Waals surface area contributed by atoms with Crippen molar-refractivity contribution < 1.29 is 136 Å². The first kappa shape index (κ1) is 66.8. The predicted octanol–water partition coefficient (Wildman–Crippen LogP) is -3.07. The fourth-order valence-electron chi connectivity index (χ4n) is 15.4. The molecule has 14 N–H and O–H groups in total. The zero-order chi connectivity index (χ0) is 61.6. The molecule has 29 heteroatoms. The van der Waals surface area contributed by atoms with Crippen LogP contribution in [0.1, 0.15) is 107 Å². The number of aliphatic hydroxyl groups excluding tert-OH is 12. The third-order valence-corrected chi connectivity index (χ3v) is 20.8. The van der Waals surface area contributed by atoms with Crippen LogP contribution in [0.3, 0.4) is 0 Å². The topological polar surface area (TPSA) is 436 Å². The molecular formula is C55H90O28S. The lowest BCUT2D eigenvalue weighted by atomic mass is 9.47. The summed E-state index contributed by atoms with van der Waals surface area (Å²) >= 11 is 0. The molecule has 8 fully saturated rings. The largest absolute Gasteiger partial charge is 0.397 e. The minimum Gasteiger partial charge on any atom is -0.394 e. The van der Waals surface area contributed by atoms with Crippen molar-refractivity contribution in [2.24, 2.45) is 40.4 Å². The molecule has 0 aromatic rings. The Kier molecular flexibility index (Phi) is 20.3. The third-order valence-electron chi connectivity index (χ3n) is 20.3. The lowest BCUT2D eigenvalue weighted by Gasteiger charge is -2.60. The van der Waals surface area contributed by atoms with E-state index in [2.05, 4.69) is 19.9 Å². The highest BCUT2D eigenvalue weighted by molar-refractivity contribution is 7.80. The van der Waals surface area contributed by atoms with Gasteiger partial charge >= 0.3 is 10.4 Å². The lowest BCUT2D eigenvalue weighted by molar-refractivity contribution is -0.398. The van der Waals surface area contributed by atoms with Gasteiger partial charge in [-0.3, -0.25) is 9.35 Å². The third kappa shape index (κ3) is 12.9. The number of rotatable bonds is 17. The second kappa shape index (κ2) is 25.6. The summed E-state index contributed by atoms with van der Waals surface area (Å²) in [5.41, 5.74) is -1.27.